The fourth-order valence-electron chi connectivity index (χ4n) is 2.73. The summed E-state index contributed by atoms with van der Waals surface area (Å²) in [4.78, 5) is 16.9. The molecule has 152 valence electrons. The predicted octanol–water partition coefficient (Wildman–Crippen LogP) is 4.86. The van der Waals surface area contributed by atoms with Crippen molar-refractivity contribution in [3.8, 4) is 17.0 Å². The summed E-state index contributed by atoms with van der Waals surface area (Å²) in [7, 11) is 0. The predicted molar refractivity (Wildman–Crippen MR) is 117 cm³/mol. The number of carbonyl (C=O) groups excluding carboxylic acids is 1. The van der Waals surface area contributed by atoms with E-state index in [1.54, 1.807) is 0 Å². The van der Waals surface area contributed by atoms with Crippen LogP contribution in [-0.2, 0) is 17.9 Å². The Bertz CT molecular complexity index is 1210. The number of aryl methyl sites for hydroxylation is 1. The molecule has 1 N–H and O–H groups in total. The minimum Gasteiger partial charge on any atom is -0.484 e. The number of para-hydroxylation sites is 1. The van der Waals surface area contributed by atoms with Crippen LogP contribution in [0.5, 0.6) is 5.75 Å². The summed E-state index contributed by atoms with van der Waals surface area (Å²) in [6.45, 7) is 2.00. The number of amides is 1. The average Bonchev–Trinajstić information content (AvgIpc) is 3.35. The molecule has 2 heterocycles. The maximum absolute atomic E-state index is 12.4. The molecule has 4 rings (SSSR count). The van der Waals surface area contributed by atoms with Gasteiger partial charge in [0.1, 0.15) is 12.3 Å². The van der Waals surface area contributed by atoms with Crippen molar-refractivity contribution in [1.82, 2.24) is 14.8 Å². The number of hydrogen-bond acceptors (Lipinski definition) is 7. The van der Waals surface area contributed by atoms with Crippen LogP contribution in [0, 0.1) is 11.8 Å². The highest BCUT2D eigenvalue weighted by atomic mass is 32.1. The number of hydrogen-bond donors (Lipinski definition) is 1. The Kier molecular flexibility index (Phi) is 6.01. The van der Waals surface area contributed by atoms with E-state index in [-0.39, 0.29) is 23.9 Å². The second-order valence-electron chi connectivity index (χ2n) is 6.43. The molecule has 0 radical (unpaired) electrons. The van der Waals surface area contributed by atoms with E-state index in [4.69, 9.17) is 21.4 Å². The van der Waals surface area contributed by atoms with E-state index in [2.05, 4.69) is 15.4 Å². The molecule has 1 amide bonds. The normalized spacial score (nSPS) is 10.7. The van der Waals surface area contributed by atoms with E-state index in [1.807, 2.05) is 66.9 Å². The van der Waals surface area contributed by atoms with Crippen LogP contribution in [0.1, 0.15) is 11.5 Å². The highest BCUT2D eigenvalue weighted by Gasteiger charge is 2.13. The molecule has 4 aromatic rings. The number of aromatic nitrogens is 3. The van der Waals surface area contributed by atoms with E-state index >= 15 is 0 Å². The van der Waals surface area contributed by atoms with Crippen molar-refractivity contribution >= 4 is 34.6 Å². The van der Waals surface area contributed by atoms with Gasteiger partial charge in [0, 0.05) is 10.9 Å². The minimum absolute atomic E-state index is 0.0764. The van der Waals surface area contributed by atoms with Crippen LogP contribution in [0.15, 0.2) is 64.4 Å². The molecule has 0 atom stereocenters. The number of ether oxygens (including phenoxy) is 1. The first kappa shape index (κ1) is 20.0. The fraction of sp³-hybridized carbons (Fsp3) is 0.143. The maximum atomic E-state index is 12.4. The second-order valence-corrected chi connectivity index (χ2v) is 7.63. The zero-order chi connectivity index (χ0) is 20.9. The van der Waals surface area contributed by atoms with Crippen molar-refractivity contribution in [2.45, 2.75) is 20.1 Å². The highest BCUT2D eigenvalue weighted by Crippen LogP contribution is 2.24. The molecule has 2 aromatic carbocycles. The summed E-state index contributed by atoms with van der Waals surface area (Å²) >= 11 is 6.52. The van der Waals surface area contributed by atoms with Crippen molar-refractivity contribution in [2.75, 3.05) is 5.32 Å². The number of carbonyl (C=O) groups is 1. The van der Waals surface area contributed by atoms with E-state index in [0.717, 1.165) is 22.6 Å². The Morgan fingerprint density at radius 3 is 2.77 bits per heavy atom. The van der Waals surface area contributed by atoms with Gasteiger partial charge in [0.2, 0.25) is 5.91 Å². The van der Waals surface area contributed by atoms with Crippen LogP contribution in [-0.4, -0.2) is 20.7 Å². The molecule has 0 bridgehead atoms. The van der Waals surface area contributed by atoms with Gasteiger partial charge in [-0.15, -0.1) is 16.4 Å². The Morgan fingerprint density at radius 1 is 1.20 bits per heavy atom. The molecule has 30 heavy (non-hydrogen) atoms. The summed E-state index contributed by atoms with van der Waals surface area (Å²) in [6, 6.07) is 17.4. The molecule has 0 unspecified atom stereocenters. The average molecular weight is 439 g/mol. The molecule has 0 aliphatic carbocycles. The lowest BCUT2D eigenvalue weighted by atomic mass is 10.2. The lowest BCUT2D eigenvalue weighted by Gasteiger charge is -2.05. The van der Waals surface area contributed by atoms with Gasteiger partial charge in [-0.1, -0.05) is 48.5 Å². The first-order valence-corrected chi connectivity index (χ1v) is 10.4. The smallest absolute Gasteiger partial charge is 0.287 e. The molecule has 0 fully saturated rings. The van der Waals surface area contributed by atoms with Crippen molar-refractivity contribution in [2.24, 2.45) is 0 Å². The molecule has 0 saturated carbocycles. The number of nitrogens with one attached hydrogen (secondary N) is 1. The summed E-state index contributed by atoms with van der Waals surface area (Å²) < 4.78 is 12.5. The maximum Gasteiger partial charge on any atom is 0.287 e. The molecular formula is C21H18N4O3S2. The van der Waals surface area contributed by atoms with Gasteiger partial charge >= 0.3 is 0 Å². The molecule has 7 nitrogen and oxygen atoms in total. The third-order valence-electron chi connectivity index (χ3n) is 4.21. The Labute approximate surface area is 182 Å². The van der Waals surface area contributed by atoms with Crippen LogP contribution >= 0.6 is 23.6 Å². The fourth-order valence-corrected chi connectivity index (χ4v) is 3.67. The van der Waals surface area contributed by atoms with E-state index in [0.29, 0.717) is 11.0 Å². The lowest BCUT2D eigenvalue weighted by molar-refractivity contribution is -0.117. The largest absolute Gasteiger partial charge is 0.484 e. The number of nitrogens with zero attached hydrogens (tertiary/aromatic N) is 3. The lowest BCUT2D eigenvalue weighted by Crippen LogP contribution is -2.19. The minimum atomic E-state index is -0.292. The van der Waals surface area contributed by atoms with Crippen LogP contribution in [0.3, 0.4) is 0 Å². The van der Waals surface area contributed by atoms with Gasteiger partial charge < -0.3 is 14.5 Å². The number of thiazole rings is 1. The number of rotatable bonds is 7. The second kappa shape index (κ2) is 9.02. The molecule has 0 spiro atoms. The van der Waals surface area contributed by atoms with E-state index in [9.17, 15) is 4.79 Å². The zero-order valence-electron chi connectivity index (χ0n) is 16.1. The van der Waals surface area contributed by atoms with Gasteiger partial charge in [-0.25, -0.2) is 9.67 Å². The van der Waals surface area contributed by atoms with Crippen molar-refractivity contribution in [1.29, 1.82) is 0 Å². The van der Waals surface area contributed by atoms with Gasteiger partial charge in [-0.3, -0.25) is 4.79 Å². The SMILES string of the molecule is Cc1ccccc1OCc1nn(CC(=O)Nc2nc(-c3ccccc3)cs2)c(=S)o1. The van der Waals surface area contributed by atoms with E-state index < -0.39 is 0 Å². The third kappa shape index (κ3) is 4.81. The zero-order valence-corrected chi connectivity index (χ0v) is 17.7. The first-order chi connectivity index (χ1) is 14.6. The molecule has 0 saturated heterocycles. The number of anilines is 1. The Morgan fingerprint density at radius 2 is 1.97 bits per heavy atom. The van der Waals surface area contributed by atoms with Crippen molar-refractivity contribution in [3.05, 3.63) is 76.3 Å². The van der Waals surface area contributed by atoms with Crippen molar-refractivity contribution in [3.63, 3.8) is 0 Å². The van der Waals surface area contributed by atoms with Crippen LogP contribution in [0.4, 0.5) is 5.13 Å². The monoisotopic (exact) mass is 438 g/mol. The molecular weight excluding hydrogens is 420 g/mol. The molecule has 2 aromatic heterocycles. The van der Waals surface area contributed by atoms with Crippen LogP contribution in [0.2, 0.25) is 0 Å². The van der Waals surface area contributed by atoms with Gasteiger partial charge in [-0.2, -0.15) is 0 Å². The topological polar surface area (TPSA) is 82.2 Å². The van der Waals surface area contributed by atoms with Gasteiger partial charge in [0.05, 0.1) is 5.69 Å². The molecule has 0 aliphatic heterocycles. The van der Waals surface area contributed by atoms with E-state index in [1.165, 1.54) is 16.0 Å². The summed E-state index contributed by atoms with van der Waals surface area (Å²) in [5.41, 5.74) is 2.81. The number of benzene rings is 2. The standard InChI is InChI=1S/C21H18N4O3S2/c1-14-7-5-6-10-17(14)27-12-19-24-25(21(29)28-19)11-18(26)23-20-22-16(13-30-20)15-8-3-2-4-9-15/h2-10,13H,11-12H2,1H3,(H,22,23,26). The molecule has 0 aliphatic rings. The quantitative estimate of drug-likeness (QED) is 0.415. The summed E-state index contributed by atoms with van der Waals surface area (Å²) in [5.74, 6) is 0.750. The Hall–Kier alpha value is -3.30. The third-order valence-corrected chi connectivity index (χ3v) is 5.26. The molecule has 9 heteroatoms. The summed E-state index contributed by atoms with van der Waals surface area (Å²) in [6.07, 6.45) is 0. The van der Waals surface area contributed by atoms with Crippen LogP contribution in [0.25, 0.3) is 11.3 Å². The summed E-state index contributed by atoms with van der Waals surface area (Å²) in [5, 5.41) is 9.41. The van der Waals surface area contributed by atoms with Gasteiger partial charge in [0.15, 0.2) is 11.7 Å². The van der Waals surface area contributed by atoms with Gasteiger partial charge in [0.25, 0.3) is 10.7 Å². The first-order valence-electron chi connectivity index (χ1n) is 9.14. The van der Waals surface area contributed by atoms with Crippen LogP contribution < -0.4 is 10.1 Å². The highest BCUT2D eigenvalue weighted by molar-refractivity contribution is 7.71. The Balaban J connectivity index is 1.36. The van der Waals surface area contributed by atoms with Crippen molar-refractivity contribution < 1.29 is 13.9 Å². The van der Waals surface area contributed by atoms with Gasteiger partial charge in [-0.05, 0) is 30.8 Å².